The zero-order valence-corrected chi connectivity index (χ0v) is 11.5. The molecule has 2 aromatic heterocycles. The predicted molar refractivity (Wildman–Crippen MR) is 78.6 cm³/mol. The van der Waals surface area contributed by atoms with E-state index >= 15 is 0 Å². The van der Waals surface area contributed by atoms with Crippen molar-refractivity contribution in [3.05, 3.63) is 35.2 Å². The molecule has 0 aliphatic heterocycles. The number of anilines is 1. The number of hydrogen-bond donors (Lipinski definition) is 1. The molecule has 3 aromatic rings. The van der Waals surface area contributed by atoms with Crippen LogP contribution in [-0.4, -0.2) is 17.1 Å². The van der Waals surface area contributed by atoms with Gasteiger partial charge in [-0.1, -0.05) is 12.1 Å². The van der Waals surface area contributed by atoms with Crippen LogP contribution in [-0.2, 0) is 0 Å². The van der Waals surface area contributed by atoms with Gasteiger partial charge in [-0.2, -0.15) is 0 Å². The van der Waals surface area contributed by atoms with E-state index in [1.54, 1.807) is 18.4 Å². The van der Waals surface area contributed by atoms with Gasteiger partial charge in [0, 0.05) is 4.88 Å². The fraction of sp³-hybridized carbons (Fsp3) is 0.143. The Kier molecular flexibility index (Phi) is 2.83. The van der Waals surface area contributed by atoms with Crippen molar-refractivity contribution >= 4 is 27.4 Å². The lowest BCUT2D eigenvalue weighted by Gasteiger charge is -2.07. The highest BCUT2D eigenvalue weighted by molar-refractivity contribution is 7.18. The Bertz CT molecular complexity index is 752. The predicted octanol–water partition coefficient (Wildman–Crippen LogP) is 3.26. The minimum Gasteiger partial charge on any atom is -0.496 e. The zero-order valence-electron chi connectivity index (χ0n) is 10.7. The lowest BCUT2D eigenvalue weighted by atomic mass is 10.2. The quantitative estimate of drug-likeness (QED) is 0.777. The molecule has 5 heteroatoms. The maximum atomic E-state index is 6.01. The van der Waals surface area contributed by atoms with Gasteiger partial charge in [0.2, 0.25) is 0 Å². The minimum absolute atomic E-state index is 0.509. The van der Waals surface area contributed by atoms with Crippen molar-refractivity contribution in [1.29, 1.82) is 0 Å². The van der Waals surface area contributed by atoms with Gasteiger partial charge in [-0.3, -0.25) is 0 Å². The van der Waals surface area contributed by atoms with Gasteiger partial charge in [-0.15, -0.1) is 11.3 Å². The molecule has 0 unspecified atom stereocenters. The number of ether oxygens (including phenoxy) is 1. The van der Waals surface area contributed by atoms with Crippen LogP contribution in [0.3, 0.4) is 0 Å². The Morgan fingerprint density at radius 1 is 1.21 bits per heavy atom. The molecule has 0 aliphatic carbocycles. The monoisotopic (exact) mass is 271 g/mol. The summed E-state index contributed by atoms with van der Waals surface area (Å²) in [4.78, 5) is 11.1. The van der Waals surface area contributed by atoms with E-state index in [-0.39, 0.29) is 0 Å². The van der Waals surface area contributed by atoms with Gasteiger partial charge < -0.3 is 10.5 Å². The van der Waals surface area contributed by atoms with Crippen molar-refractivity contribution in [2.75, 3.05) is 12.8 Å². The summed E-state index contributed by atoms with van der Waals surface area (Å²) < 4.78 is 5.34. The third kappa shape index (κ3) is 2.02. The molecule has 0 fully saturated rings. The Morgan fingerprint density at radius 2 is 2.00 bits per heavy atom. The second-order valence-corrected chi connectivity index (χ2v) is 5.44. The number of nitrogens with zero attached hydrogens (tertiary/aromatic N) is 2. The number of rotatable bonds is 2. The molecule has 0 saturated carbocycles. The summed E-state index contributed by atoms with van der Waals surface area (Å²) in [5.74, 6) is 1.86. The first-order chi connectivity index (χ1) is 9.19. The number of nitrogen functional groups attached to an aromatic ring is 1. The smallest absolute Gasteiger partial charge is 0.166 e. The Hall–Kier alpha value is -2.14. The third-order valence-electron chi connectivity index (χ3n) is 2.89. The van der Waals surface area contributed by atoms with Gasteiger partial charge in [-0.05, 0) is 25.1 Å². The molecule has 0 spiro atoms. The van der Waals surface area contributed by atoms with Crippen molar-refractivity contribution in [3.8, 4) is 17.1 Å². The summed E-state index contributed by atoms with van der Waals surface area (Å²) in [5.41, 5.74) is 6.87. The van der Waals surface area contributed by atoms with E-state index in [2.05, 4.69) is 9.97 Å². The first-order valence-electron chi connectivity index (χ1n) is 5.86. The average Bonchev–Trinajstić information content (AvgIpc) is 2.79. The van der Waals surface area contributed by atoms with E-state index in [0.29, 0.717) is 11.6 Å². The maximum Gasteiger partial charge on any atom is 0.166 e. The SMILES string of the molecule is COc1ccccc1-c1nc(N)c2cc(C)sc2n1. The summed E-state index contributed by atoms with van der Waals surface area (Å²) >= 11 is 1.62. The van der Waals surface area contributed by atoms with Gasteiger partial charge >= 0.3 is 0 Å². The number of benzene rings is 1. The van der Waals surface area contributed by atoms with Gasteiger partial charge in [-0.25, -0.2) is 9.97 Å². The van der Waals surface area contributed by atoms with Crippen molar-refractivity contribution in [1.82, 2.24) is 9.97 Å². The fourth-order valence-corrected chi connectivity index (χ4v) is 2.90. The summed E-state index contributed by atoms with van der Waals surface area (Å²) in [6, 6.07) is 9.68. The van der Waals surface area contributed by atoms with Crippen LogP contribution in [0.1, 0.15) is 4.88 Å². The number of aromatic nitrogens is 2. The Labute approximate surface area is 114 Å². The first kappa shape index (κ1) is 11.9. The largest absolute Gasteiger partial charge is 0.496 e. The van der Waals surface area contributed by atoms with Crippen molar-refractivity contribution in [2.24, 2.45) is 0 Å². The van der Waals surface area contributed by atoms with Crippen LogP contribution in [0, 0.1) is 6.92 Å². The maximum absolute atomic E-state index is 6.01. The molecule has 0 aliphatic rings. The molecule has 0 atom stereocenters. The van der Waals surface area contributed by atoms with Gasteiger partial charge in [0.1, 0.15) is 16.4 Å². The molecule has 0 saturated heterocycles. The molecular weight excluding hydrogens is 258 g/mol. The van der Waals surface area contributed by atoms with E-state index in [9.17, 15) is 0 Å². The first-order valence-corrected chi connectivity index (χ1v) is 6.67. The molecule has 2 heterocycles. The molecule has 0 radical (unpaired) electrons. The highest BCUT2D eigenvalue weighted by Gasteiger charge is 2.12. The highest BCUT2D eigenvalue weighted by Crippen LogP contribution is 2.32. The number of hydrogen-bond acceptors (Lipinski definition) is 5. The number of thiophene rings is 1. The second-order valence-electron chi connectivity index (χ2n) is 4.21. The van der Waals surface area contributed by atoms with Gasteiger partial charge in [0.15, 0.2) is 5.82 Å². The molecule has 4 nitrogen and oxygen atoms in total. The van der Waals surface area contributed by atoms with Crippen molar-refractivity contribution < 1.29 is 4.74 Å². The van der Waals surface area contributed by atoms with Crippen LogP contribution in [0.15, 0.2) is 30.3 Å². The lowest BCUT2D eigenvalue weighted by Crippen LogP contribution is -1.97. The van der Waals surface area contributed by atoms with Crippen LogP contribution < -0.4 is 10.5 Å². The van der Waals surface area contributed by atoms with Crippen LogP contribution in [0.4, 0.5) is 5.82 Å². The average molecular weight is 271 g/mol. The number of nitrogens with two attached hydrogens (primary N) is 1. The summed E-state index contributed by atoms with van der Waals surface area (Å²) in [6.07, 6.45) is 0. The van der Waals surface area contributed by atoms with Crippen LogP contribution >= 0.6 is 11.3 Å². The lowest BCUT2D eigenvalue weighted by molar-refractivity contribution is 0.416. The Balaban J connectivity index is 2.25. The molecule has 96 valence electrons. The van der Waals surface area contributed by atoms with E-state index < -0.39 is 0 Å². The van der Waals surface area contributed by atoms with E-state index in [1.165, 1.54) is 4.88 Å². The van der Waals surface area contributed by atoms with Crippen LogP contribution in [0.2, 0.25) is 0 Å². The molecular formula is C14H13N3OS. The zero-order chi connectivity index (χ0) is 13.4. The van der Waals surface area contributed by atoms with Crippen molar-refractivity contribution in [2.45, 2.75) is 6.92 Å². The highest BCUT2D eigenvalue weighted by atomic mass is 32.1. The molecule has 3 rings (SSSR count). The molecule has 2 N–H and O–H groups in total. The van der Waals surface area contributed by atoms with Gasteiger partial charge in [0.25, 0.3) is 0 Å². The van der Waals surface area contributed by atoms with Crippen molar-refractivity contribution in [3.63, 3.8) is 0 Å². The van der Waals surface area contributed by atoms with E-state index in [0.717, 1.165) is 21.5 Å². The molecule has 19 heavy (non-hydrogen) atoms. The fourth-order valence-electron chi connectivity index (χ4n) is 2.01. The van der Waals surface area contributed by atoms with Crippen LogP contribution in [0.5, 0.6) is 5.75 Å². The van der Waals surface area contributed by atoms with E-state index in [4.69, 9.17) is 10.5 Å². The number of para-hydroxylation sites is 1. The molecule has 0 amide bonds. The standard InChI is InChI=1S/C14H13N3OS/c1-8-7-10-12(15)16-13(17-14(10)19-8)9-5-3-4-6-11(9)18-2/h3-7H,1-2H3,(H2,15,16,17). The molecule has 1 aromatic carbocycles. The Morgan fingerprint density at radius 3 is 2.79 bits per heavy atom. The number of methoxy groups -OCH3 is 1. The molecule has 0 bridgehead atoms. The third-order valence-corrected chi connectivity index (χ3v) is 3.84. The topological polar surface area (TPSA) is 61.0 Å². The normalized spacial score (nSPS) is 10.8. The summed E-state index contributed by atoms with van der Waals surface area (Å²) in [7, 11) is 1.63. The van der Waals surface area contributed by atoms with Crippen LogP contribution in [0.25, 0.3) is 21.6 Å². The van der Waals surface area contributed by atoms with E-state index in [1.807, 2.05) is 37.3 Å². The second kappa shape index (κ2) is 4.51. The van der Waals surface area contributed by atoms with Gasteiger partial charge in [0.05, 0.1) is 18.1 Å². The summed E-state index contributed by atoms with van der Waals surface area (Å²) in [5, 5.41) is 0.918. The summed E-state index contributed by atoms with van der Waals surface area (Å²) in [6.45, 7) is 2.04. The number of fused-ring (bicyclic) bond motifs is 1. The minimum atomic E-state index is 0.509. The number of aryl methyl sites for hydroxylation is 1.